The van der Waals surface area contributed by atoms with Gasteiger partial charge in [-0.1, -0.05) is 32.0 Å². The number of aromatic nitrogens is 2. The van der Waals surface area contributed by atoms with Gasteiger partial charge in [0.2, 0.25) is 0 Å². The van der Waals surface area contributed by atoms with Crippen LogP contribution < -0.4 is 15.6 Å². The number of para-hydroxylation sites is 1. The summed E-state index contributed by atoms with van der Waals surface area (Å²) in [5.41, 5.74) is 0.944. The average Bonchev–Trinajstić information content (AvgIpc) is 2.61. The number of aryl methyl sites for hydroxylation is 1. The minimum Gasteiger partial charge on any atom is -0.496 e. The van der Waals surface area contributed by atoms with E-state index in [4.69, 9.17) is 4.74 Å². The Hall–Kier alpha value is -2.63. The molecular formula is C18H23N3O3. The minimum absolute atomic E-state index is 0.193. The van der Waals surface area contributed by atoms with E-state index < -0.39 is 0 Å². The number of methoxy groups -OCH3 is 1. The van der Waals surface area contributed by atoms with Gasteiger partial charge in [0.25, 0.3) is 11.5 Å². The quantitative estimate of drug-likeness (QED) is 0.847. The van der Waals surface area contributed by atoms with Crippen molar-refractivity contribution in [3.63, 3.8) is 0 Å². The molecule has 6 heteroatoms. The number of amides is 1. The third-order valence-electron chi connectivity index (χ3n) is 3.76. The lowest BCUT2D eigenvalue weighted by molar-refractivity contribution is 0.0927. The first-order valence-corrected chi connectivity index (χ1v) is 8.12. The van der Waals surface area contributed by atoms with Crippen LogP contribution in [-0.4, -0.2) is 22.8 Å². The first-order chi connectivity index (χ1) is 11.6. The fraction of sp³-hybridized carbons (Fsp3) is 0.389. The van der Waals surface area contributed by atoms with Crippen LogP contribution in [0.5, 0.6) is 5.75 Å². The van der Waals surface area contributed by atoms with Crippen LogP contribution in [0, 0.1) is 0 Å². The van der Waals surface area contributed by atoms with Crippen LogP contribution >= 0.6 is 0 Å². The third-order valence-corrected chi connectivity index (χ3v) is 3.76. The molecular weight excluding hydrogens is 306 g/mol. The fourth-order valence-electron chi connectivity index (χ4n) is 2.53. The van der Waals surface area contributed by atoms with Crippen LogP contribution in [0.3, 0.4) is 0 Å². The molecule has 1 N–H and O–H groups in total. The SMILES string of the molecule is CCCn1nc(C(=O)NC(CC)c2ccccc2OC)ccc1=O. The number of hydrogen-bond donors (Lipinski definition) is 1. The van der Waals surface area contributed by atoms with Crippen LogP contribution in [-0.2, 0) is 6.54 Å². The molecule has 6 nitrogen and oxygen atoms in total. The lowest BCUT2D eigenvalue weighted by atomic mass is 10.0. The zero-order chi connectivity index (χ0) is 17.5. The molecule has 1 unspecified atom stereocenters. The van der Waals surface area contributed by atoms with E-state index in [9.17, 15) is 9.59 Å². The van der Waals surface area contributed by atoms with E-state index in [0.29, 0.717) is 13.0 Å². The van der Waals surface area contributed by atoms with Gasteiger partial charge < -0.3 is 10.1 Å². The molecule has 1 atom stereocenters. The molecule has 0 aliphatic heterocycles. The van der Waals surface area contributed by atoms with Crippen LogP contribution in [0.25, 0.3) is 0 Å². The van der Waals surface area contributed by atoms with Crippen LogP contribution in [0.15, 0.2) is 41.2 Å². The summed E-state index contributed by atoms with van der Waals surface area (Å²) in [4.78, 5) is 24.2. The highest BCUT2D eigenvalue weighted by atomic mass is 16.5. The largest absolute Gasteiger partial charge is 0.496 e. The monoisotopic (exact) mass is 329 g/mol. The second kappa shape index (κ2) is 8.29. The molecule has 0 saturated heterocycles. The number of hydrogen-bond acceptors (Lipinski definition) is 4. The Morgan fingerprint density at radius 2 is 2.00 bits per heavy atom. The Morgan fingerprint density at radius 1 is 1.25 bits per heavy atom. The molecule has 2 rings (SSSR count). The van der Waals surface area contributed by atoms with Gasteiger partial charge in [-0.3, -0.25) is 9.59 Å². The molecule has 128 valence electrons. The Labute approximate surface area is 141 Å². The Morgan fingerprint density at radius 3 is 2.67 bits per heavy atom. The molecule has 1 aromatic carbocycles. The molecule has 1 aromatic heterocycles. The third kappa shape index (κ3) is 4.01. The van der Waals surface area contributed by atoms with Crippen LogP contribution in [0.2, 0.25) is 0 Å². The van der Waals surface area contributed by atoms with Crippen LogP contribution in [0.4, 0.5) is 0 Å². The van der Waals surface area contributed by atoms with Crippen molar-refractivity contribution in [2.75, 3.05) is 7.11 Å². The number of rotatable bonds is 7. The summed E-state index contributed by atoms with van der Waals surface area (Å²) in [6.45, 7) is 4.43. The van der Waals surface area contributed by atoms with E-state index >= 15 is 0 Å². The summed E-state index contributed by atoms with van der Waals surface area (Å²) in [6, 6.07) is 10.2. The van der Waals surface area contributed by atoms with E-state index in [1.165, 1.54) is 16.8 Å². The van der Waals surface area contributed by atoms with Crippen molar-refractivity contribution < 1.29 is 9.53 Å². The van der Waals surface area contributed by atoms with Gasteiger partial charge >= 0.3 is 0 Å². The fourth-order valence-corrected chi connectivity index (χ4v) is 2.53. The van der Waals surface area contributed by atoms with Gasteiger partial charge in [0.1, 0.15) is 11.4 Å². The number of ether oxygens (including phenoxy) is 1. The Kier molecular flexibility index (Phi) is 6.12. The van der Waals surface area contributed by atoms with Crippen molar-refractivity contribution in [2.24, 2.45) is 0 Å². The lowest BCUT2D eigenvalue weighted by Gasteiger charge is -2.19. The molecule has 1 heterocycles. The van der Waals surface area contributed by atoms with E-state index in [1.807, 2.05) is 38.1 Å². The van der Waals surface area contributed by atoms with Crippen molar-refractivity contribution in [2.45, 2.75) is 39.3 Å². The number of benzene rings is 1. The smallest absolute Gasteiger partial charge is 0.272 e. The van der Waals surface area contributed by atoms with E-state index in [2.05, 4.69) is 10.4 Å². The molecule has 0 radical (unpaired) electrons. The second-order valence-corrected chi connectivity index (χ2v) is 5.46. The molecule has 0 fully saturated rings. The average molecular weight is 329 g/mol. The van der Waals surface area contributed by atoms with Gasteiger partial charge in [0.05, 0.1) is 13.2 Å². The highest BCUT2D eigenvalue weighted by Crippen LogP contribution is 2.26. The van der Waals surface area contributed by atoms with Gasteiger partial charge in [-0.25, -0.2) is 4.68 Å². The molecule has 0 spiro atoms. The maximum Gasteiger partial charge on any atom is 0.272 e. The van der Waals surface area contributed by atoms with Gasteiger partial charge in [-0.15, -0.1) is 0 Å². The summed E-state index contributed by atoms with van der Waals surface area (Å²) in [6.07, 6.45) is 1.48. The number of carbonyl (C=O) groups excluding carboxylic acids is 1. The molecule has 2 aromatic rings. The van der Waals surface area contributed by atoms with Crippen molar-refractivity contribution in [1.29, 1.82) is 0 Å². The van der Waals surface area contributed by atoms with Crippen molar-refractivity contribution in [3.8, 4) is 5.75 Å². The minimum atomic E-state index is -0.308. The van der Waals surface area contributed by atoms with Gasteiger partial charge in [0, 0.05) is 18.2 Å². The number of nitrogens with one attached hydrogen (secondary N) is 1. The summed E-state index contributed by atoms with van der Waals surface area (Å²) < 4.78 is 6.69. The van der Waals surface area contributed by atoms with E-state index in [-0.39, 0.29) is 23.2 Å². The summed E-state index contributed by atoms with van der Waals surface area (Å²) in [5.74, 6) is 0.422. The number of carbonyl (C=O) groups is 1. The number of nitrogens with zero attached hydrogens (tertiary/aromatic N) is 2. The van der Waals surface area contributed by atoms with Gasteiger partial charge in [0.15, 0.2) is 0 Å². The summed E-state index contributed by atoms with van der Waals surface area (Å²) in [7, 11) is 1.61. The topological polar surface area (TPSA) is 73.2 Å². The van der Waals surface area contributed by atoms with Gasteiger partial charge in [-0.2, -0.15) is 5.10 Å². The van der Waals surface area contributed by atoms with E-state index in [1.54, 1.807) is 7.11 Å². The molecule has 0 bridgehead atoms. The van der Waals surface area contributed by atoms with Gasteiger partial charge in [-0.05, 0) is 25.0 Å². The molecule has 0 aliphatic carbocycles. The predicted molar refractivity (Wildman–Crippen MR) is 92.3 cm³/mol. The van der Waals surface area contributed by atoms with Crippen molar-refractivity contribution >= 4 is 5.91 Å². The van der Waals surface area contributed by atoms with Crippen LogP contribution in [0.1, 0.15) is 48.8 Å². The summed E-state index contributed by atoms with van der Waals surface area (Å²) >= 11 is 0. The molecule has 1 amide bonds. The molecule has 0 aliphatic rings. The second-order valence-electron chi connectivity index (χ2n) is 5.46. The van der Waals surface area contributed by atoms with Crippen molar-refractivity contribution in [1.82, 2.24) is 15.1 Å². The first kappa shape index (κ1) is 17.7. The van der Waals surface area contributed by atoms with Crippen molar-refractivity contribution in [3.05, 3.63) is 58.0 Å². The highest BCUT2D eigenvalue weighted by molar-refractivity contribution is 5.92. The molecule has 0 saturated carbocycles. The maximum absolute atomic E-state index is 12.5. The molecule has 24 heavy (non-hydrogen) atoms. The highest BCUT2D eigenvalue weighted by Gasteiger charge is 2.18. The zero-order valence-electron chi connectivity index (χ0n) is 14.3. The standard InChI is InChI=1S/C18H23N3O3/c1-4-12-21-17(22)11-10-15(20-21)18(23)19-14(5-2)13-8-6-7-9-16(13)24-3/h6-11,14H,4-5,12H2,1-3H3,(H,19,23). The maximum atomic E-state index is 12.5. The lowest BCUT2D eigenvalue weighted by Crippen LogP contribution is -2.32. The zero-order valence-corrected chi connectivity index (χ0v) is 14.3. The Balaban J connectivity index is 2.23. The first-order valence-electron chi connectivity index (χ1n) is 8.12. The predicted octanol–water partition coefficient (Wildman–Crippen LogP) is 2.54. The normalized spacial score (nSPS) is 11.8. The summed E-state index contributed by atoms with van der Waals surface area (Å²) in [5, 5.41) is 7.11. The Bertz CT molecular complexity index is 755. The van der Waals surface area contributed by atoms with E-state index in [0.717, 1.165) is 17.7 Å².